The van der Waals surface area contributed by atoms with Crippen molar-refractivity contribution in [3.63, 3.8) is 0 Å². The van der Waals surface area contributed by atoms with Crippen LogP contribution in [0, 0.1) is 5.82 Å². The predicted molar refractivity (Wildman–Crippen MR) is 96.8 cm³/mol. The average Bonchev–Trinajstić information content (AvgIpc) is 2.68. The monoisotopic (exact) mass is 358 g/mol. The first-order valence-electron chi connectivity index (χ1n) is 8.77. The van der Waals surface area contributed by atoms with Gasteiger partial charge in [0.2, 0.25) is 0 Å². The van der Waals surface area contributed by atoms with Crippen molar-refractivity contribution in [2.75, 3.05) is 39.4 Å². The van der Waals surface area contributed by atoms with Crippen LogP contribution in [0.3, 0.4) is 0 Å². The molecule has 0 aromatic heterocycles. The SMILES string of the molecule is O=C(NCCN1CCOCC1)c1ccccc1OCc1ccc(F)cc1. The number of morpholine rings is 1. The molecule has 1 aliphatic rings. The first-order chi connectivity index (χ1) is 12.7. The fraction of sp³-hybridized carbons (Fsp3) is 0.350. The van der Waals surface area contributed by atoms with Crippen molar-refractivity contribution < 1.29 is 18.7 Å². The van der Waals surface area contributed by atoms with E-state index in [1.165, 1.54) is 12.1 Å². The molecule has 1 heterocycles. The number of para-hydroxylation sites is 1. The summed E-state index contributed by atoms with van der Waals surface area (Å²) in [5.41, 5.74) is 1.34. The highest BCUT2D eigenvalue weighted by atomic mass is 19.1. The molecule has 1 aliphatic heterocycles. The fourth-order valence-electron chi connectivity index (χ4n) is 2.77. The summed E-state index contributed by atoms with van der Waals surface area (Å²) < 4.78 is 24.1. The number of hydrogen-bond acceptors (Lipinski definition) is 4. The summed E-state index contributed by atoms with van der Waals surface area (Å²) in [5.74, 6) is 0.0717. The zero-order chi connectivity index (χ0) is 18.2. The highest BCUT2D eigenvalue weighted by molar-refractivity contribution is 5.96. The molecule has 0 atom stereocenters. The summed E-state index contributed by atoms with van der Waals surface area (Å²) in [7, 11) is 0. The highest BCUT2D eigenvalue weighted by Crippen LogP contribution is 2.19. The molecule has 0 bridgehead atoms. The van der Waals surface area contributed by atoms with Crippen LogP contribution >= 0.6 is 0 Å². The lowest BCUT2D eigenvalue weighted by molar-refractivity contribution is 0.0383. The van der Waals surface area contributed by atoms with Crippen molar-refractivity contribution in [1.82, 2.24) is 10.2 Å². The van der Waals surface area contributed by atoms with E-state index in [2.05, 4.69) is 10.2 Å². The number of ether oxygens (including phenoxy) is 2. The van der Waals surface area contributed by atoms with Crippen molar-refractivity contribution in [1.29, 1.82) is 0 Å². The topological polar surface area (TPSA) is 50.8 Å². The number of amides is 1. The molecule has 2 aromatic carbocycles. The van der Waals surface area contributed by atoms with E-state index in [0.29, 0.717) is 17.9 Å². The third-order valence-electron chi connectivity index (χ3n) is 4.26. The molecule has 6 heteroatoms. The van der Waals surface area contributed by atoms with E-state index in [-0.39, 0.29) is 18.3 Å². The van der Waals surface area contributed by atoms with Crippen LogP contribution in [0.2, 0.25) is 0 Å². The molecule has 138 valence electrons. The Hall–Kier alpha value is -2.44. The van der Waals surface area contributed by atoms with Gasteiger partial charge in [0.1, 0.15) is 18.2 Å². The van der Waals surface area contributed by atoms with E-state index in [1.807, 2.05) is 12.1 Å². The van der Waals surface area contributed by atoms with Gasteiger partial charge in [0.25, 0.3) is 5.91 Å². The third kappa shape index (κ3) is 5.28. The smallest absolute Gasteiger partial charge is 0.255 e. The van der Waals surface area contributed by atoms with E-state index < -0.39 is 0 Å². The minimum atomic E-state index is -0.284. The molecular formula is C20H23FN2O3. The number of nitrogens with zero attached hydrogens (tertiary/aromatic N) is 1. The number of hydrogen-bond donors (Lipinski definition) is 1. The van der Waals surface area contributed by atoms with Crippen LogP contribution in [0.4, 0.5) is 4.39 Å². The van der Waals surface area contributed by atoms with Crippen molar-refractivity contribution in [2.45, 2.75) is 6.61 Å². The van der Waals surface area contributed by atoms with Gasteiger partial charge in [-0.05, 0) is 29.8 Å². The van der Waals surface area contributed by atoms with E-state index in [0.717, 1.165) is 38.4 Å². The number of rotatable bonds is 7. The number of carbonyl (C=O) groups is 1. The van der Waals surface area contributed by atoms with Gasteiger partial charge in [-0.3, -0.25) is 9.69 Å². The molecule has 1 N–H and O–H groups in total. The number of carbonyl (C=O) groups excluding carboxylic acids is 1. The van der Waals surface area contributed by atoms with E-state index in [4.69, 9.17) is 9.47 Å². The summed E-state index contributed by atoms with van der Waals surface area (Å²) in [6.07, 6.45) is 0. The van der Waals surface area contributed by atoms with Gasteiger partial charge in [0, 0.05) is 26.2 Å². The Balaban J connectivity index is 1.53. The lowest BCUT2D eigenvalue weighted by atomic mass is 10.2. The number of nitrogens with one attached hydrogen (secondary N) is 1. The van der Waals surface area contributed by atoms with Crippen molar-refractivity contribution in [3.05, 3.63) is 65.5 Å². The Morgan fingerprint density at radius 2 is 1.85 bits per heavy atom. The van der Waals surface area contributed by atoms with Gasteiger partial charge in [-0.1, -0.05) is 24.3 Å². The molecular weight excluding hydrogens is 335 g/mol. The minimum Gasteiger partial charge on any atom is -0.488 e. The lowest BCUT2D eigenvalue weighted by Crippen LogP contribution is -2.41. The molecule has 0 unspecified atom stereocenters. The highest BCUT2D eigenvalue weighted by Gasteiger charge is 2.14. The Labute approximate surface area is 152 Å². The largest absolute Gasteiger partial charge is 0.488 e. The minimum absolute atomic E-state index is 0.159. The number of halogens is 1. The lowest BCUT2D eigenvalue weighted by Gasteiger charge is -2.26. The van der Waals surface area contributed by atoms with E-state index >= 15 is 0 Å². The summed E-state index contributed by atoms with van der Waals surface area (Å²) in [5, 5.41) is 2.94. The quantitative estimate of drug-likeness (QED) is 0.826. The molecule has 0 aliphatic carbocycles. The standard InChI is InChI=1S/C20H23FN2O3/c21-17-7-5-16(6-8-17)15-26-19-4-2-1-3-18(19)20(24)22-9-10-23-11-13-25-14-12-23/h1-8H,9-15H2,(H,22,24). The normalized spacial score (nSPS) is 14.8. The molecule has 0 spiro atoms. The molecule has 1 saturated heterocycles. The summed E-state index contributed by atoms with van der Waals surface area (Å²) in [6.45, 7) is 4.93. The maximum absolute atomic E-state index is 13.0. The summed E-state index contributed by atoms with van der Waals surface area (Å²) in [6, 6.07) is 13.3. The molecule has 0 saturated carbocycles. The second kappa shape index (κ2) is 9.31. The Morgan fingerprint density at radius 1 is 1.12 bits per heavy atom. The molecule has 1 fully saturated rings. The first kappa shape index (κ1) is 18.4. The Morgan fingerprint density at radius 3 is 2.62 bits per heavy atom. The van der Waals surface area contributed by atoms with Gasteiger partial charge < -0.3 is 14.8 Å². The van der Waals surface area contributed by atoms with Crippen LogP contribution in [0.25, 0.3) is 0 Å². The zero-order valence-corrected chi connectivity index (χ0v) is 14.6. The Bertz CT molecular complexity index is 715. The van der Waals surface area contributed by atoms with Gasteiger partial charge in [0.05, 0.1) is 18.8 Å². The second-order valence-electron chi connectivity index (χ2n) is 6.12. The van der Waals surface area contributed by atoms with Gasteiger partial charge in [-0.25, -0.2) is 4.39 Å². The van der Waals surface area contributed by atoms with Crippen LogP contribution in [-0.2, 0) is 11.3 Å². The van der Waals surface area contributed by atoms with Gasteiger partial charge in [-0.2, -0.15) is 0 Å². The molecule has 26 heavy (non-hydrogen) atoms. The van der Waals surface area contributed by atoms with E-state index in [1.54, 1.807) is 24.3 Å². The maximum atomic E-state index is 13.0. The average molecular weight is 358 g/mol. The van der Waals surface area contributed by atoms with Crippen molar-refractivity contribution in [2.24, 2.45) is 0 Å². The van der Waals surface area contributed by atoms with Gasteiger partial charge >= 0.3 is 0 Å². The van der Waals surface area contributed by atoms with Crippen LogP contribution in [0.5, 0.6) is 5.75 Å². The van der Waals surface area contributed by atoms with Crippen LogP contribution in [0.15, 0.2) is 48.5 Å². The third-order valence-corrected chi connectivity index (χ3v) is 4.26. The molecule has 2 aromatic rings. The van der Waals surface area contributed by atoms with Gasteiger partial charge in [-0.15, -0.1) is 0 Å². The maximum Gasteiger partial charge on any atom is 0.255 e. The van der Waals surface area contributed by atoms with Crippen LogP contribution in [0.1, 0.15) is 15.9 Å². The van der Waals surface area contributed by atoms with Gasteiger partial charge in [0.15, 0.2) is 0 Å². The summed E-state index contributed by atoms with van der Waals surface area (Å²) >= 11 is 0. The van der Waals surface area contributed by atoms with Crippen molar-refractivity contribution in [3.8, 4) is 5.75 Å². The van der Waals surface area contributed by atoms with E-state index in [9.17, 15) is 9.18 Å². The number of benzene rings is 2. The second-order valence-corrected chi connectivity index (χ2v) is 6.12. The predicted octanol–water partition coefficient (Wildman–Crippen LogP) is 2.47. The molecule has 5 nitrogen and oxygen atoms in total. The zero-order valence-electron chi connectivity index (χ0n) is 14.6. The van der Waals surface area contributed by atoms with Crippen LogP contribution in [-0.4, -0.2) is 50.2 Å². The summed E-state index contributed by atoms with van der Waals surface area (Å²) in [4.78, 5) is 14.7. The molecule has 3 rings (SSSR count). The first-order valence-corrected chi connectivity index (χ1v) is 8.77. The Kier molecular flexibility index (Phi) is 6.57. The van der Waals surface area contributed by atoms with Crippen molar-refractivity contribution >= 4 is 5.91 Å². The molecule has 0 radical (unpaired) electrons. The fourth-order valence-corrected chi connectivity index (χ4v) is 2.77. The molecule has 1 amide bonds. The van der Waals surface area contributed by atoms with Crippen LogP contribution < -0.4 is 10.1 Å².